The number of hydrogen-bond donors (Lipinski definition) is 0. The van der Waals surface area contributed by atoms with Crippen molar-refractivity contribution in [3.8, 4) is 5.75 Å². The van der Waals surface area contributed by atoms with Crippen LogP contribution < -0.4 is 4.74 Å². The van der Waals surface area contributed by atoms with Gasteiger partial charge in [0, 0.05) is 12.4 Å². The number of fused-ring (bicyclic) bond motifs is 1. The molecule has 0 amide bonds. The minimum Gasteiger partial charge on any atom is -0.484 e. The highest BCUT2D eigenvalue weighted by atomic mass is 35.5. The molecule has 0 fully saturated rings. The predicted molar refractivity (Wildman–Crippen MR) is 100 cm³/mol. The third kappa shape index (κ3) is 3.72. The molecule has 0 spiro atoms. The zero-order valence-corrected chi connectivity index (χ0v) is 15.7. The van der Waals surface area contributed by atoms with Gasteiger partial charge < -0.3 is 9.30 Å². The number of aromatic nitrogens is 5. The summed E-state index contributed by atoms with van der Waals surface area (Å²) in [6.07, 6.45) is 1.44. The molecule has 2 heterocycles. The first kappa shape index (κ1) is 17.7. The van der Waals surface area contributed by atoms with Crippen molar-refractivity contribution in [2.24, 2.45) is 7.05 Å². The second kappa shape index (κ2) is 7.50. The van der Waals surface area contributed by atoms with Crippen LogP contribution in [-0.2, 0) is 13.7 Å². The van der Waals surface area contributed by atoms with E-state index in [9.17, 15) is 4.39 Å². The minimum atomic E-state index is -0.342. The third-order valence-electron chi connectivity index (χ3n) is 3.87. The zero-order chi connectivity index (χ0) is 18.8. The molecule has 0 aliphatic heterocycles. The van der Waals surface area contributed by atoms with Crippen LogP contribution in [-0.4, -0.2) is 24.7 Å². The number of halogens is 2. The van der Waals surface area contributed by atoms with E-state index in [1.807, 2.05) is 19.2 Å². The normalized spacial score (nSPS) is 11.1. The number of benzene rings is 2. The fourth-order valence-corrected chi connectivity index (χ4v) is 3.50. The van der Waals surface area contributed by atoms with Gasteiger partial charge in [-0.05, 0) is 42.1 Å². The molecule has 0 bridgehead atoms. The van der Waals surface area contributed by atoms with Crippen LogP contribution in [0, 0.1) is 5.82 Å². The summed E-state index contributed by atoms with van der Waals surface area (Å²) in [5.41, 5.74) is 0.665. The Morgan fingerprint density at radius 2 is 2.00 bits per heavy atom. The van der Waals surface area contributed by atoms with E-state index in [1.54, 1.807) is 22.8 Å². The van der Waals surface area contributed by atoms with Crippen molar-refractivity contribution in [1.29, 1.82) is 0 Å². The van der Waals surface area contributed by atoms with Crippen molar-refractivity contribution < 1.29 is 9.13 Å². The first-order valence-electron chi connectivity index (χ1n) is 7.95. The van der Waals surface area contributed by atoms with Crippen LogP contribution in [0.15, 0.2) is 59.0 Å². The van der Waals surface area contributed by atoms with Gasteiger partial charge in [0.2, 0.25) is 0 Å². The topological polar surface area (TPSA) is 65.7 Å². The molecule has 4 aromatic rings. The van der Waals surface area contributed by atoms with Gasteiger partial charge in [-0.15, -0.1) is 10.2 Å². The van der Waals surface area contributed by atoms with Crippen LogP contribution in [0.2, 0.25) is 5.02 Å². The molecular formula is C18H13ClFN5OS. The lowest BCUT2D eigenvalue weighted by Gasteiger charge is -2.08. The summed E-state index contributed by atoms with van der Waals surface area (Å²) in [6.45, 7) is 0.215. The smallest absolute Gasteiger partial charge is 0.197 e. The molecule has 2 aromatic carbocycles. The number of hydrogen-bond acceptors (Lipinski definition) is 6. The summed E-state index contributed by atoms with van der Waals surface area (Å²) in [4.78, 5) is 8.41. The summed E-state index contributed by atoms with van der Waals surface area (Å²) < 4.78 is 21.1. The average molecular weight is 402 g/mol. The van der Waals surface area contributed by atoms with E-state index in [-0.39, 0.29) is 12.4 Å². The molecule has 0 saturated carbocycles. The van der Waals surface area contributed by atoms with Gasteiger partial charge in [0.1, 0.15) is 29.5 Å². The number of para-hydroxylation sites is 1. The van der Waals surface area contributed by atoms with Gasteiger partial charge in [-0.3, -0.25) is 0 Å². The van der Waals surface area contributed by atoms with E-state index in [1.165, 1.54) is 30.2 Å². The molecule has 136 valence electrons. The Morgan fingerprint density at radius 1 is 1.15 bits per heavy atom. The highest BCUT2D eigenvalue weighted by Gasteiger charge is 2.14. The number of rotatable bonds is 5. The second-order valence-electron chi connectivity index (χ2n) is 5.62. The first-order chi connectivity index (χ1) is 13.1. The molecule has 0 aliphatic carbocycles. The second-order valence-corrected chi connectivity index (χ2v) is 6.98. The maximum Gasteiger partial charge on any atom is 0.197 e. The molecule has 9 heteroatoms. The van der Waals surface area contributed by atoms with Gasteiger partial charge in [-0.1, -0.05) is 23.7 Å². The van der Waals surface area contributed by atoms with Crippen LogP contribution in [0.5, 0.6) is 5.75 Å². The standard InChI is InChI=1S/C18H13ClFN5OS/c1-25-16(9-26-15-5-3-2-4-13(15)19)23-24-18(25)27-17-12-8-11(20)6-7-14(12)21-10-22-17/h2-8,10H,9H2,1H3. The maximum atomic E-state index is 13.6. The van der Waals surface area contributed by atoms with Gasteiger partial charge in [-0.25, -0.2) is 14.4 Å². The maximum absolute atomic E-state index is 13.6. The van der Waals surface area contributed by atoms with E-state index in [0.29, 0.717) is 37.7 Å². The number of ether oxygens (including phenoxy) is 1. The summed E-state index contributed by atoms with van der Waals surface area (Å²) >= 11 is 7.38. The quantitative estimate of drug-likeness (QED) is 0.465. The molecule has 0 aliphatic rings. The molecule has 4 rings (SSSR count). The fourth-order valence-electron chi connectivity index (χ4n) is 2.44. The molecule has 2 aromatic heterocycles. The lowest BCUT2D eigenvalue weighted by atomic mass is 10.2. The Bertz CT molecular complexity index is 1120. The van der Waals surface area contributed by atoms with Crippen LogP contribution in [0.1, 0.15) is 5.82 Å². The first-order valence-corrected chi connectivity index (χ1v) is 9.15. The SMILES string of the molecule is Cn1c(COc2ccccc2Cl)nnc1Sc1ncnc2ccc(F)cc12. The summed E-state index contributed by atoms with van der Waals surface area (Å²) in [5.74, 6) is 0.863. The van der Waals surface area contributed by atoms with E-state index >= 15 is 0 Å². The third-order valence-corrected chi connectivity index (χ3v) is 5.24. The Morgan fingerprint density at radius 3 is 2.85 bits per heavy atom. The van der Waals surface area contributed by atoms with Crippen molar-refractivity contribution in [2.45, 2.75) is 16.8 Å². The Balaban J connectivity index is 1.56. The van der Waals surface area contributed by atoms with Gasteiger partial charge in [-0.2, -0.15) is 0 Å². The molecule has 0 N–H and O–H groups in total. The Labute approximate surface area is 163 Å². The monoisotopic (exact) mass is 401 g/mol. The molecule has 0 radical (unpaired) electrons. The van der Waals surface area contributed by atoms with Crippen LogP contribution in [0.3, 0.4) is 0 Å². The van der Waals surface area contributed by atoms with Crippen molar-refractivity contribution in [3.05, 3.63) is 65.5 Å². The molecular weight excluding hydrogens is 389 g/mol. The summed E-state index contributed by atoms with van der Waals surface area (Å²) in [7, 11) is 1.83. The molecule has 0 atom stereocenters. The average Bonchev–Trinajstić information content (AvgIpc) is 3.01. The van der Waals surface area contributed by atoms with E-state index in [0.717, 1.165) is 0 Å². The Hall–Kier alpha value is -2.71. The largest absolute Gasteiger partial charge is 0.484 e. The minimum absolute atomic E-state index is 0.215. The molecule has 0 saturated heterocycles. The van der Waals surface area contributed by atoms with E-state index in [2.05, 4.69) is 20.2 Å². The van der Waals surface area contributed by atoms with Gasteiger partial charge in [0.25, 0.3) is 0 Å². The number of nitrogens with zero attached hydrogens (tertiary/aromatic N) is 5. The fraction of sp³-hybridized carbons (Fsp3) is 0.111. The van der Waals surface area contributed by atoms with Gasteiger partial charge >= 0.3 is 0 Å². The van der Waals surface area contributed by atoms with Crippen molar-refractivity contribution in [3.63, 3.8) is 0 Å². The van der Waals surface area contributed by atoms with Crippen molar-refractivity contribution in [2.75, 3.05) is 0 Å². The van der Waals surface area contributed by atoms with Crippen molar-refractivity contribution in [1.82, 2.24) is 24.7 Å². The lowest BCUT2D eigenvalue weighted by molar-refractivity contribution is 0.290. The molecule has 6 nitrogen and oxygen atoms in total. The van der Waals surface area contributed by atoms with Gasteiger partial charge in [0.05, 0.1) is 10.5 Å². The van der Waals surface area contributed by atoms with Crippen molar-refractivity contribution >= 4 is 34.3 Å². The highest BCUT2D eigenvalue weighted by Crippen LogP contribution is 2.30. The summed E-state index contributed by atoms with van der Waals surface area (Å²) in [5, 5.41) is 10.7. The molecule has 27 heavy (non-hydrogen) atoms. The lowest BCUT2D eigenvalue weighted by Crippen LogP contribution is -2.04. The summed E-state index contributed by atoms with van der Waals surface area (Å²) in [6, 6.07) is 11.6. The Kier molecular flexibility index (Phi) is 4.91. The zero-order valence-electron chi connectivity index (χ0n) is 14.1. The van der Waals surface area contributed by atoms with E-state index in [4.69, 9.17) is 16.3 Å². The van der Waals surface area contributed by atoms with Crippen LogP contribution >= 0.6 is 23.4 Å². The van der Waals surface area contributed by atoms with Gasteiger partial charge in [0.15, 0.2) is 11.0 Å². The van der Waals surface area contributed by atoms with E-state index < -0.39 is 0 Å². The molecule has 0 unspecified atom stereocenters. The highest BCUT2D eigenvalue weighted by molar-refractivity contribution is 7.99. The predicted octanol–water partition coefficient (Wildman–Crippen LogP) is 4.28. The van der Waals surface area contributed by atoms with Crippen LogP contribution in [0.4, 0.5) is 4.39 Å². The van der Waals surface area contributed by atoms with Crippen LogP contribution in [0.25, 0.3) is 10.9 Å².